The zero-order valence-corrected chi connectivity index (χ0v) is 17.4. The summed E-state index contributed by atoms with van der Waals surface area (Å²) in [5.74, 6) is 0.252. The third-order valence-electron chi connectivity index (χ3n) is 2.96. The Morgan fingerprint density at radius 2 is 2.00 bits per heavy atom. The SMILES string of the molecule is Cc1cccc(NC(N)=NCCNS(=O)(=O)c2ccc(C)s2)c1.I. The number of nitrogens with zero attached hydrogens (tertiary/aromatic N) is 1. The predicted octanol–water partition coefficient (Wildman–Crippen LogP) is 2.69. The first-order valence-corrected chi connectivity index (χ1v) is 9.36. The zero-order chi connectivity index (χ0) is 16.9. The quantitative estimate of drug-likeness (QED) is 0.256. The molecule has 0 atom stereocenters. The average Bonchev–Trinajstić information content (AvgIpc) is 2.91. The van der Waals surface area contributed by atoms with Gasteiger partial charge in [-0.2, -0.15) is 0 Å². The van der Waals surface area contributed by atoms with Crippen molar-refractivity contribution in [3.8, 4) is 0 Å². The number of rotatable bonds is 6. The predicted molar refractivity (Wildman–Crippen MR) is 111 cm³/mol. The molecule has 6 nitrogen and oxygen atoms in total. The van der Waals surface area contributed by atoms with E-state index >= 15 is 0 Å². The molecule has 0 spiro atoms. The second kappa shape index (κ2) is 9.35. The molecule has 0 aliphatic rings. The molecule has 132 valence electrons. The minimum absolute atomic E-state index is 0. The van der Waals surface area contributed by atoms with Crippen LogP contribution in [0.4, 0.5) is 5.69 Å². The highest BCUT2D eigenvalue weighted by atomic mass is 127. The maximum Gasteiger partial charge on any atom is 0.250 e. The Balaban J connectivity index is 0.00000288. The van der Waals surface area contributed by atoms with Gasteiger partial charge >= 0.3 is 0 Å². The van der Waals surface area contributed by atoms with Gasteiger partial charge in [0.05, 0.1) is 6.54 Å². The highest BCUT2D eigenvalue weighted by molar-refractivity contribution is 14.0. The molecule has 1 aromatic heterocycles. The molecule has 2 rings (SSSR count). The first-order chi connectivity index (χ1) is 10.9. The third-order valence-corrected chi connectivity index (χ3v) is 5.91. The summed E-state index contributed by atoms with van der Waals surface area (Å²) in [6.07, 6.45) is 0. The number of thiophene rings is 1. The lowest BCUT2D eigenvalue weighted by atomic mass is 10.2. The van der Waals surface area contributed by atoms with Crippen LogP contribution >= 0.6 is 35.3 Å². The number of aliphatic imine (C=N–C) groups is 1. The zero-order valence-electron chi connectivity index (χ0n) is 13.4. The molecular formula is C15H21IN4O2S2. The summed E-state index contributed by atoms with van der Waals surface area (Å²) < 4.78 is 26.9. The van der Waals surface area contributed by atoms with Crippen molar-refractivity contribution in [2.75, 3.05) is 18.4 Å². The molecule has 24 heavy (non-hydrogen) atoms. The number of nitrogens with one attached hydrogen (secondary N) is 2. The van der Waals surface area contributed by atoms with Crippen LogP contribution in [0.25, 0.3) is 0 Å². The van der Waals surface area contributed by atoms with Gasteiger partial charge in [0.25, 0.3) is 0 Å². The van der Waals surface area contributed by atoms with Gasteiger partial charge in [0.15, 0.2) is 5.96 Å². The van der Waals surface area contributed by atoms with Gasteiger partial charge in [0, 0.05) is 17.1 Å². The summed E-state index contributed by atoms with van der Waals surface area (Å²) in [6, 6.07) is 11.1. The van der Waals surface area contributed by atoms with Crippen LogP contribution < -0.4 is 15.8 Å². The number of nitrogens with two attached hydrogens (primary N) is 1. The number of benzene rings is 1. The molecule has 0 bridgehead atoms. The third kappa shape index (κ3) is 6.38. The highest BCUT2D eigenvalue weighted by Gasteiger charge is 2.14. The number of guanidine groups is 1. The van der Waals surface area contributed by atoms with Crippen molar-refractivity contribution in [2.24, 2.45) is 10.7 Å². The van der Waals surface area contributed by atoms with Crippen molar-refractivity contribution in [3.05, 3.63) is 46.8 Å². The largest absolute Gasteiger partial charge is 0.370 e. The van der Waals surface area contributed by atoms with Crippen molar-refractivity contribution < 1.29 is 8.42 Å². The second-order valence-electron chi connectivity index (χ2n) is 5.02. The van der Waals surface area contributed by atoms with Crippen LogP contribution in [0.5, 0.6) is 0 Å². The van der Waals surface area contributed by atoms with Crippen molar-refractivity contribution in [1.82, 2.24) is 4.72 Å². The van der Waals surface area contributed by atoms with E-state index in [0.29, 0.717) is 4.21 Å². The van der Waals surface area contributed by atoms with Gasteiger partial charge in [0.1, 0.15) is 4.21 Å². The van der Waals surface area contributed by atoms with Crippen LogP contribution in [-0.2, 0) is 10.0 Å². The summed E-state index contributed by atoms with van der Waals surface area (Å²) in [5.41, 5.74) is 7.74. The van der Waals surface area contributed by atoms with Gasteiger partial charge in [-0.3, -0.25) is 4.99 Å². The van der Waals surface area contributed by atoms with E-state index in [1.165, 1.54) is 11.3 Å². The van der Waals surface area contributed by atoms with E-state index in [0.717, 1.165) is 16.1 Å². The molecule has 9 heteroatoms. The van der Waals surface area contributed by atoms with Crippen molar-refractivity contribution >= 4 is 57.0 Å². The summed E-state index contributed by atoms with van der Waals surface area (Å²) in [4.78, 5) is 5.06. The fourth-order valence-corrected chi connectivity index (χ4v) is 4.24. The molecule has 0 amide bonds. The number of hydrogen-bond acceptors (Lipinski definition) is 4. The lowest BCUT2D eigenvalue weighted by Gasteiger charge is -2.07. The van der Waals surface area contributed by atoms with Crippen LogP contribution in [0.1, 0.15) is 10.4 Å². The Bertz CT molecular complexity index is 803. The molecule has 0 radical (unpaired) electrons. The van der Waals surface area contributed by atoms with Gasteiger partial charge in [0.2, 0.25) is 10.0 Å². The van der Waals surface area contributed by atoms with Crippen molar-refractivity contribution in [3.63, 3.8) is 0 Å². The van der Waals surface area contributed by atoms with E-state index in [1.807, 2.05) is 38.1 Å². The Labute approximate surface area is 163 Å². The molecule has 0 aliphatic heterocycles. The molecule has 0 aliphatic carbocycles. The Hall–Kier alpha value is -1.17. The van der Waals surface area contributed by atoms with E-state index in [4.69, 9.17) is 5.73 Å². The van der Waals surface area contributed by atoms with Gasteiger partial charge in [-0.25, -0.2) is 13.1 Å². The number of aryl methyl sites for hydroxylation is 2. The molecular weight excluding hydrogens is 459 g/mol. The lowest BCUT2D eigenvalue weighted by Crippen LogP contribution is -2.28. The topological polar surface area (TPSA) is 96.6 Å². The molecule has 4 N–H and O–H groups in total. The molecule has 0 saturated carbocycles. The Morgan fingerprint density at radius 1 is 1.25 bits per heavy atom. The summed E-state index contributed by atoms with van der Waals surface area (Å²) in [5, 5.41) is 2.97. The van der Waals surface area contributed by atoms with Crippen molar-refractivity contribution in [1.29, 1.82) is 0 Å². The summed E-state index contributed by atoms with van der Waals surface area (Å²) in [7, 11) is -3.46. The molecule has 0 saturated heterocycles. The Morgan fingerprint density at radius 3 is 2.62 bits per heavy atom. The van der Waals surface area contributed by atoms with Crippen LogP contribution in [-0.4, -0.2) is 27.5 Å². The maximum atomic E-state index is 12.0. The van der Waals surface area contributed by atoms with Gasteiger partial charge in [-0.15, -0.1) is 35.3 Å². The molecule has 1 heterocycles. The van der Waals surface area contributed by atoms with Crippen LogP contribution in [0, 0.1) is 13.8 Å². The minimum Gasteiger partial charge on any atom is -0.370 e. The highest BCUT2D eigenvalue weighted by Crippen LogP contribution is 2.19. The monoisotopic (exact) mass is 480 g/mol. The van der Waals surface area contributed by atoms with Crippen molar-refractivity contribution in [2.45, 2.75) is 18.1 Å². The number of hydrogen-bond donors (Lipinski definition) is 3. The average molecular weight is 480 g/mol. The number of sulfonamides is 1. The van der Waals surface area contributed by atoms with Gasteiger partial charge in [-0.05, 0) is 43.7 Å². The molecule has 0 unspecified atom stereocenters. The summed E-state index contributed by atoms with van der Waals surface area (Å²) in [6.45, 7) is 4.30. The maximum absolute atomic E-state index is 12.0. The molecule has 2 aromatic rings. The number of anilines is 1. The number of halogens is 1. The van der Waals surface area contributed by atoms with Crippen LogP contribution in [0.2, 0.25) is 0 Å². The van der Waals surface area contributed by atoms with E-state index in [2.05, 4.69) is 15.0 Å². The fourth-order valence-electron chi connectivity index (χ4n) is 1.89. The first kappa shape index (κ1) is 20.9. The van der Waals surface area contributed by atoms with Crippen LogP contribution in [0.15, 0.2) is 45.6 Å². The second-order valence-corrected chi connectivity index (χ2v) is 8.31. The van der Waals surface area contributed by atoms with E-state index in [-0.39, 0.29) is 43.0 Å². The van der Waals surface area contributed by atoms with Gasteiger partial charge in [-0.1, -0.05) is 12.1 Å². The Kier molecular flexibility index (Phi) is 8.13. The lowest BCUT2D eigenvalue weighted by molar-refractivity contribution is 0.584. The normalized spacial score (nSPS) is 11.8. The van der Waals surface area contributed by atoms with E-state index in [9.17, 15) is 8.42 Å². The van der Waals surface area contributed by atoms with E-state index in [1.54, 1.807) is 12.1 Å². The molecule has 1 aromatic carbocycles. The van der Waals surface area contributed by atoms with E-state index < -0.39 is 10.0 Å². The summed E-state index contributed by atoms with van der Waals surface area (Å²) >= 11 is 1.24. The standard InChI is InChI=1S/C15H20N4O2S2.HI/c1-11-4-3-5-13(10-11)19-15(16)17-8-9-18-23(20,21)14-7-6-12(2)22-14;/h3-7,10,18H,8-9H2,1-2H3,(H3,16,17,19);1H. The minimum atomic E-state index is -3.46. The fraction of sp³-hybridized carbons (Fsp3) is 0.267. The first-order valence-electron chi connectivity index (χ1n) is 7.06. The van der Waals surface area contributed by atoms with Crippen LogP contribution in [0.3, 0.4) is 0 Å². The smallest absolute Gasteiger partial charge is 0.250 e. The van der Waals surface area contributed by atoms with Gasteiger partial charge < -0.3 is 11.1 Å². The molecule has 0 fully saturated rings.